The third-order valence-corrected chi connectivity index (χ3v) is 4.10. The Hall–Kier alpha value is -2.61. The van der Waals surface area contributed by atoms with E-state index in [0.29, 0.717) is 6.92 Å². The van der Waals surface area contributed by atoms with Gasteiger partial charge in [-0.3, -0.25) is 24.0 Å². The number of hydrogen-bond donors (Lipinski definition) is 8. The zero-order chi connectivity index (χ0) is 21.8. The molecule has 154 valence electrons. The zero-order valence-electron chi connectivity index (χ0n) is 14.0. The van der Waals surface area contributed by atoms with Crippen LogP contribution in [0.15, 0.2) is 0 Å². The van der Waals surface area contributed by atoms with E-state index < -0.39 is 78.3 Å². The van der Waals surface area contributed by atoms with E-state index in [0.717, 1.165) is 0 Å². The van der Waals surface area contributed by atoms with Crippen molar-refractivity contribution in [1.82, 2.24) is 0 Å². The van der Waals surface area contributed by atoms with Crippen molar-refractivity contribution in [3.05, 3.63) is 0 Å². The molecule has 27 heavy (non-hydrogen) atoms. The number of carboxylic acids is 4. The van der Waals surface area contributed by atoms with Gasteiger partial charge in [-0.1, -0.05) is 0 Å². The van der Waals surface area contributed by atoms with Gasteiger partial charge in [-0.2, -0.15) is 0 Å². The Morgan fingerprint density at radius 2 is 1.15 bits per heavy atom. The Labute approximate surface area is 151 Å². The average molecular weight is 396 g/mol. The van der Waals surface area contributed by atoms with Gasteiger partial charge in [-0.25, -0.2) is 0 Å². The van der Waals surface area contributed by atoms with Crippen molar-refractivity contribution in [2.24, 2.45) is 0 Å². The number of Topliss-reactive ketones (excluding diaryl/α,β-unsaturated/α-hetero) is 1. The molecule has 0 saturated heterocycles. The quantitative estimate of drug-likeness (QED) is 0.154. The van der Waals surface area contributed by atoms with Crippen LogP contribution in [0.3, 0.4) is 0 Å². The highest BCUT2D eigenvalue weighted by atomic mass is 16.4. The lowest BCUT2D eigenvalue weighted by molar-refractivity contribution is -0.270. The number of aliphatic hydroxyl groups excluding tert-OH is 1. The number of aliphatic carboxylic acids is 4. The molecular formula is C14H20O13. The van der Waals surface area contributed by atoms with Gasteiger partial charge in [0.05, 0.1) is 25.4 Å². The molecule has 0 aromatic carbocycles. The van der Waals surface area contributed by atoms with E-state index in [9.17, 15) is 44.4 Å². The fourth-order valence-electron chi connectivity index (χ4n) is 2.72. The first-order valence-electron chi connectivity index (χ1n) is 7.29. The molecule has 13 heteroatoms. The van der Waals surface area contributed by atoms with E-state index in [2.05, 4.69) is 0 Å². The molecule has 8 N–H and O–H groups in total. The normalized spacial score (nSPS) is 19.0. The topological polar surface area (TPSA) is 247 Å². The molecule has 0 aliphatic rings. The van der Waals surface area contributed by atoms with Crippen LogP contribution in [-0.2, 0) is 24.0 Å². The van der Waals surface area contributed by atoms with Crippen LogP contribution in [-0.4, -0.2) is 93.4 Å². The van der Waals surface area contributed by atoms with Gasteiger partial charge in [0.15, 0.2) is 11.4 Å². The lowest BCUT2D eigenvalue weighted by Gasteiger charge is -2.51. The third-order valence-electron chi connectivity index (χ3n) is 4.10. The smallest absolute Gasteiger partial charge is 0.310 e. The first kappa shape index (κ1) is 24.4. The lowest BCUT2D eigenvalue weighted by atomic mass is 9.62. The van der Waals surface area contributed by atoms with Crippen molar-refractivity contribution in [2.75, 3.05) is 0 Å². The molecule has 0 aromatic heterocycles. The molecule has 0 heterocycles. The third kappa shape index (κ3) is 4.97. The summed E-state index contributed by atoms with van der Waals surface area (Å²) in [5.74, 6) is -9.74. The van der Waals surface area contributed by atoms with Crippen LogP contribution in [0.25, 0.3) is 0 Å². The molecule has 0 amide bonds. The molecule has 0 radical (unpaired) electrons. The number of carbonyl (C=O) groups excluding carboxylic acids is 1. The summed E-state index contributed by atoms with van der Waals surface area (Å²) in [6.07, 6.45) is -9.07. The van der Waals surface area contributed by atoms with Crippen LogP contribution in [0.1, 0.15) is 32.6 Å². The SMILES string of the molecule is C[C@H](O)[C@](O)(CC(=O)O)[C@](O)(CC(=O)O)[C@@](O)(CC(=O)O)C(=O)CC(=O)O. The molecule has 4 atom stereocenters. The summed E-state index contributed by atoms with van der Waals surface area (Å²) < 4.78 is 0. The lowest BCUT2D eigenvalue weighted by Crippen LogP contribution is -2.75. The summed E-state index contributed by atoms with van der Waals surface area (Å²) in [5, 5.41) is 77.3. The van der Waals surface area contributed by atoms with Gasteiger partial charge < -0.3 is 40.9 Å². The maximum absolute atomic E-state index is 12.2. The monoisotopic (exact) mass is 396 g/mol. The average Bonchev–Trinajstić information content (AvgIpc) is 2.43. The number of carbonyl (C=O) groups is 5. The molecule has 0 aliphatic heterocycles. The van der Waals surface area contributed by atoms with Crippen LogP contribution >= 0.6 is 0 Å². The van der Waals surface area contributed by atoms with E-state index in [1.165, 1.54) is 0 Å². The van der Waals surface area contributed by atoms with Gasteiger partial charge in [0.25, 0.3) is 0 Å². The molecule has 0 saturated carbocycles. The van der Waals surface area contributed by atoms with Crippen molar-refractivity contribution in [3.8, 4) is 0 Å². The minimum atomic E-state index is -3.79. The summed E-state index contributed by atoms with van der Waals surface area (Å²) in [6.45, 7) is 0.693. The molecule has 0 aliphatic carbocycles. The first-order chi connectivity index (χ1) is 12.0. The van der Waals surface area contributed by atoms with Gasteiger partial charge in [0.2, 0.25) is 0 Å². The summed E-state index contributed by atoms with van der Waals surface area (Å²) in [7, 11) is 0. The Morgan fingerprint density at radius 3 is 1.44 bits per heavy atom. The fraction of sp³-hybridized carbons (Fsp3) is 0.643. The van der Waals surface area contributed by atoms with Crippen molar-refractivity contribution in [1.29, 1.82) is 0 Å². The summed E-state index contributed by atoms with van der Waals surface area (Å²) >= 11 is 0. The zero-order valence-corrected chi connectivity index (χ0v) is 14.0. The fourth-order valence-corrected chi connectivity index (χ4v) is 2.72. The van der Waals surface area contributed by atoms with E-state index in [1.54, 1.807) is 0 Å². The van der Waals surface area contributed by atoms with Crippen LogP contribution in [0, 0.1) is 0 Å². The molecule has 0 rings (SSSR count). The standard InChI is InChI=1S/C14H20O13/c1-6(15)12(25,3-9(19)20)14(27,5-11(23)24)13(26,4-10(21)22)7(16)2-8(17)18/h6,15,25-27H,2-5H2,1H3,(H,17,18)(H,19,20)(H,21,22)(H,23,24)/t6-,12+,13+,14+/m0/s1. The van der Waals surface area contributed by atoms with Gasteiger partial charge in [-0.05, 0) is 6.92 Å². The minimum absolute atomic E-state index is 0.693. The van der Waals surface area contributed by atoms with Crippen molar-refractivity contribution in [3.63, 3.8) is 0 Å². The van der Waals surface area contributed by atoms with Crippen molar-refractivity contribution < 1.29 is 64.8 Å². The minimum Gasteiger partial charge on any atom is -0.481 e. The second-order valence-corrected chi connectivity index (χ2v) is 6.03. The number of ketones is 1. The van der Waals surface area contributed by atoms with Crippen LogP contribution < -0.4 is 0 Å². The summed E-state index contributed by atoms with van der Waals surface area (Å²) in [4.78, 5) is 56.3. The van der Waals surface area contributed by atoms with Gasteiger partial charge in [-0.15, -0.1) is 0 Å². The molecule has 13 nitrogen and oxygen atoms in total. The maximum Gasteiger partial charge on any atom is 0.310 e. The molecular weight excluding hydrogens is 376 g/mol. The Kier molecular flexibility index (Phi) is 7.58. The predicted molar refractivity (Wildman–Crippen MR) is 80.5 cm³/mol. The first-order valence-corrected chi connectivity index (χ1v) is 7.29. The van der Waals surface area contributed by atoms with Gasteiger partial charge in [0, 0.05) is 0 Å². The van der Waals surface area contributed by atoms with Crippen LogP contribution in [0.5, 0.6) is 0 Å². The summed E-state index contributed by atoms with van der Waals surface area (Å²) in [5.41, 5.74) is -11.0. The largest absolute Gasteiger partial charge is 0.481 e. The highest BCUT2D eigenvalue weighted by molar-refractivity contribution is 6.02. The number of hydrogen-bond acceptors (Lipinski definition) is 9. The van der Waals surface area contributed by atoms with Crippen LogP contribution in [0.2, 0.25) is 0 Å². The maximum atomic E-state index is 12.2. The Bertz CT molecular complexity index is 641. The van der Waals surface area contributed by atoms with Crippen molar-refractivity contribution in [2.45, 2.75) is 55.5 Å². The molecule has 0 fully saturated rings. The van der Waals surface area contributed by atoms with Crippen molar-refractivity contribution >= 4 is 29.7 Å². The Balaban J connectivity index is 6.86. The number of rotatable bonds is 12. The molecule has 0 unspecified atom stereocenters. The molecule has 0 aromatic rings. The highest BCUT2D eigenvalue weighted by Crippen LogP contribution is 2.43. The highest BCUT2D eigenvalue weighted by Gasteiger charge is 2.68. The van der Waals surface area contributed by atoms with Crippen LogP contribution in [0.4, 0.5) is 0 Å². The Morgan fingerprint density at radius 1 is 0.741 bits per heavy atom. The number of carboxylic acid groups (broad SMARTS) is 4. The second-order valence-electron chi connectivity index (χ2n) is 6.03. The predicted octanol–water partition coefficient (Wildman–Crippen LogP) is -2.97. The second kappa shape index (κ2) is 8.39. The van der Waals surface area contributed by atoms with E-state index >= 15 is 0 Å². The molecule has 0 spiro atoms. The number of aliphatic hydroxyl groups is 4. The summed E-state index contributed by atoms with van der Waals surface area (Å²) in [6, 6.07) is 0. The van der Waals surface area contributed by atoms with Gasteiger partial charge in [0.1, 0.15) is 17.6 Å². The van der Waals surface area contributed by atoms with E-state index in [4.69, 9.17) is 20.4 Å². The van der Waals surface area contributed by atoms with Gasteiger partial charge >= 0.3 is 23.9 Å². The molecule has 0 bridgehead atoms. The van der Waals surface area contributed by atoms with E-state index in [-0.39, 0.29) is 0 Å². The van der Waals surface area contributed by atoms with E-state index in [1.807, 2.05) is 0 Å².